The molecule has 5 N–H and O–H groups in total. The van der Waals surface area contributed by atoms with E-state index in [4.69, 9.17) is 15.9 Å². The number of primary amides is 1. The number of nitrogens with two attached hydrogens (primary N) is 2. The lowest BCUT2D eigenvalue weighted by molar-refractivity contribution is -0.124. The van der Waals surface area contributed by atoms with E-state index in [1.165, 1.54) is 4.90 Å². The fourth-order valence-electron chi connectivity index (χ4n) is 3.41. The molecule has 0 spiro atoms. The maximum absolute atomic E-state index is 13.9. The van der Waals surface area contributed by atoms with E-state index in [1.54, 1.807) is 25.1 Å². The second-order valence-electron chi connectivity index (χ2n) is 9.17. The van der Waals surface area contributed by atoms with Crippen LogP contribution in [0.3, 0.4) is 0 Å². The fraction of sp³-hybridized carbons (Fsp3) is 0.333. The highest BCUT2D eigenvalue weighted by Crippen LogP contribution is 2.34. The van der Waals surface area contributed by atoms with Gasteiger partial charge in [0.1, 0.15) is 16.4 Å². The number of nitrogens with zero attached hydrogens (tertiary/aromatic N) is 2. The normalized spacial score (nSPS) is 12.3. The van der Waals surface area contributed by atoms with Crippen LogP contribution in [0.1, 0.15) is 69.6 Å². The number of nitrogens with one attached hydrogen (secondary N) is 1. The third-order valence-corrected chi connectivity index (χ3v) is 6.03. The number of carbonyl (C=O) groups excluding carboxylic acids is 3. The average Bonchev–Trinajstić information content (AvgIpc) is 3.32. The van der Waals surface area contributed by atoms with Crippen LogP contribution in [-0.4, -0.2) is 27.6 Å². The molecule has 0 aliphatic rings. The predicted octanol–water partition coefficient (Wildman–Crippen LogP) is 3.65. The first-order valence-corrected chi connectivity index (χ1v) is 11.4. The predicted molar refractivity (Wildman–Crippen MR) is 132 cm³/mol. The van der Waals surface area contributed by atoms with Crippen molar-refractivity contribution in [2.45, 2.75) is 53.1 Å². The van der Waals surface area contributed by atoms with E-state index in [9.17, 15) is 14.4 Å². The van der Waals surface area contributed by atoms with Crippen molar-refractivity contribution in [3.63, 3.8) is 0 Å². The van der Waals surface area contributed by atoms with Gasteiger partial charge in [-0.15, -0.1) is 0 Å². The van der Waals surface area contributed by atoms with Crippen LogP contribution in [0.25, 0.3) is 0 Å². The van der Waals surface area contributed by atoms with Crippen LogP contribution in [0.5, 0.6) is 0 Å². The largest absolute Gasteiger partial charge is 0.464 e. The zero-order valence-electron chi connectivity index (χ0n) is 20.1. The van der Waals surface area contributed by atoms with Gasteiger partial charge in [-0.3, -0.25) is 19.3 Å². The molecule has 2 aromatic heterocycles. The van der Waals surface area contributed by atoms with Crippen LogP contribution in [-0.2, 0) is 4.79 Å². The number of benzene rings is 1. The van der Waals surface area contributed by atoms with Gasteiger partial charge < -0.3 is 21.2 Å². The molecule has 2 heterocycles. The molecule has 1 atom stereocenters. The number of aryl methyl sites for hydroxylation is 3. The topological polar surface area (TPSA) is 145 Å². The Morgan fingerprint density at radius 1 is 1.09 bits per heavy atom. The van der Waals surface area contributed by atoms with Gasteiger partial charge in [0.05, 0.1) is 5.69 Å². The van der Waals surface area contributed by atoms with E-state index >= 15 is 0 Å². The molecule has 3 rings (SSSR count). The number of anilines is 2. The zero-order chi connectivity index (χ0) is 25.4. The molecule has 0 bridgehead atoms. The molecule has 34 heavy (non-hydrogen) atoms. The minimum atomic E-state index is -1.15. The van der Waals surface area contributed by atoms with Crippen molar-refractivity contribution in [1.82, 2.24) is 9.69 Å². The van der Waals surface area contributed by atoms with Crippen molar-refractivity contribution in [2.24, 2.45) is 5.73 Å². The summed E-state index contributed by atoms with van der Waals surface area (Å²) < 4.78 is 9.78. The summed E-state index contributed by atoms with van der Waals surface area (Å²) in [6.07, 6.45) is 0. The van der Waals surface area contributed by atoms with Gasteiger partial charge in [-0.1, -0.05) is 6.07 Å². The maximum Gasteiger partial charge on any atom is 0.273 e. The summed E-state index contributed by atoms with van der Waals surface area (Å²) in [5.41, 5.74) is 12.9. The first kappa shape index (κ1) is 25.0. The van der Waals surface area contributed by atoms with Crippen LogP contribution in [0, 0.1) is 20.8 Å². The van der Waals surface area contributed by atoms with E-state index in [0.29, 0.717) is 11.4 Å². The van der Waals surface area contributed by atoms with Crippen molar-refractivity contribution >= 4 is 40.6 Å². The minimum Gasteiger partial charge on any atom is -0.464 e. The van der Waals surface area contributed by atoms with Crippen molar-refractivity contribution in [2.75, 3.05) is 10.6 Å². The molecule has 0 saturated heterocycles. The van der Waals surface area contributed by atoms with Gasteiger partial charge >= 0.3 is 0 Å². The van der Waals surface area contributed by atoms with Gasteiger partial charge in [0.15, 0.2) is 11.7 Å². The Hall–Kier alpha value is -3.66. The number of hydrogen-bond donors (Lipinski definition) is 3. The van der Waals surface area contributed by atoms with Crippen molar-refractivity contribution in [3.05, 3.63) is 63.6 Å². The van der Waals surface area contributed by atoms with E-state index < -0.39 is 29.3 Å². The van der Waals surface area contributed by atoms with Crippen molar-refractivity contribution in [3.8, 4) is 0 Å². The highest BCUT2D eigenvalue weighted by Gasteiger charge is 2.39. The SMILES string of the molecule is Cc1ccc(C(C(=O)NC(C)(C)C)N(C(=O)c2snc(C(N)=O)c2N)c2ccc(C)c(C)c2)o1. The smallest absolute Gasteiger partial charge is 0.273 e. The molecule has 10 heteroatoms. The van der Waals surface area contributed by atoms with Crippen molar-refractivity contribution in [1.29, 1.82) is 0 Å². The Bertz CT molecular complexity index is 1250. The van der Waals surface area contributed by atoms with E-state index in [2.05, 4.69) is 9.69 Å². The molecule has 3 aromatic rings. The molecule has 0 aliphatic carbocycles. The zero-order valence-corrected chi connectivity index (χ0v) is 20.9. The maximum atomic E-state index is 13.9. The number of carbonyl (C=O) groups is 3. The van der Waals surface area contributed by atoms with Gasteiger partial charge in [-0.25, -0.2) is 0 Å². The highest BCUT2D eigenvalue weighted by molar-refractivity contribution is 7.09. The quantitative estimate of drug-likeness (QED) is 0.488. The number of furan rings is 1. The molecule has 0 saturated carbocycles. The third kappa shape index (κ3) is 5.12. The standard InChI is InChI=1S/C24H29N5O4S/c1-12-7-9-15(11-13(12)2)29(23(32)20-17(25)18(21(26)30)28-34-20)19(16-10-8-14(3)33-16)22(31)27-24(4,5)6/h7-11,19H,25H2,1-6H3,(H2,26,30)(H,27,31). The first-order valence-electron chi connectivity index (χ1n) is 10.6. The molecule has 0 radical (unpaired) electrons. The Morgan fingerprint density at radius 2 is 1.76 bits per heavy atom. The summed E-state index contributed by atoms with van der Waals surface area (Å²) in [5.74, 6) is -1.01. The summed E-state index contributed by atoms with van der Waals surface area (Å²) in [5, 5.41) is 2.94. The average molecular weight is 484 g/mol. The number of aromatic nitrogens is 1. The summed E-state index contributed by atoms with van der Waals surface area (Å²) in [6.45, 7) is 11.2. The van der Waals surface area contributed by atoms with Gasteiger partial charge in [-0.2, -0.15) is 4.37 Å². The van der Waals surface area contributed by atoms with Gasteiger partial charge in [0, 0.05) is 11.2 Å². The van der Waals surface area contributed by atoms with Gasteiger partial charge in [-0.05, 0) is 88.5 Å². The first-order chi connectivity index (χ1) is 15.8. The Morgan fingerprint density at radius 3 is 2.26 bits per heavy atom. The van der Waals surface area contributed by atoms with Crippen molar-refractivity contribution < 1.29 is 18.8 Å². The lowest BCUT2D eigenvalue weighted by Crippen LogP contribution is -2.49. The molecule has 0 aliphatic heterocycles. The molecular weight excluding hydrogens is 454 g/mol. The Balaban J connectivity index is 2.24. The van der Waals surface area contributed by atoms with Crippen LogP contribution in [0.2, 0.25) is 0 Å². The van der Waals surface area contributed by atoms with Crippen LogP contribution in [0.4, 0.5) is 11.4 Å². The highest BCUT2D eigenvalue weighted by atomic mass is 32.1. The molecule has 3 amide bonds. The number of amides is 3. The molecule has 1 unspecified atom stereocenters. The third-order valence-electron chi connectivity index (χ3n) is 5.18. The lowest BCUT2D eigenvalue weighted by atomic mass is 10.0. The summed E-state index contributed by atoms with van der Waals surface area (Å²) in [7, 11) is 0. The summed E-state index contributed by atoms with van der Waals surface area (Å²) in [4.78, 5) is 40.5. The number of rotatable bonds is 6. The van der Waals surface area contributed by atoms with Crippen LogP contribution in [0.15, 0.2) is 34.7 Å². The second kappa shape index (κ2) is 9.30. The Kier molecular flexibility index (Phi) is 6.83. The monoisotopic (exact) mass is 483 g/mol. The molecule has 1 aromatic carbocycles. The van der Waals surface area contributed by atoms with Crippen LogP contribution >= 0.6 is 11.5 Å². The molecular formula is C24H29N5O4S. The van der Waals surface area contributed by atoms with E-state index in [-0.39, 0.29) is 22.0 Å². The molecule has 9 nitrogen and oxygen atoms in total. The van der Waals surface area contributed by atoms with Gasteiger partial charge in [0.2, 0.25) is 0 Å². The van der Waals surface area contributed by atoms with E-state index in [1.807, 2.05) is 46.8 Å². The second-order valence-corrected chi connectivity index (χ2v) is 9.95. The van der Waals surface area contributed by atoms with E-state index in [0.717, 1.165) is 22.7 Å². The summed E-state index contributed by atoms with van der Waals surface area (Å²) in [6, 6.07) is 7.66. The minimum absolute atomic E-state index is 0.00358. The number of hydrogen-bond acceptors (Lipinski definition) is 7. The molecule has 0 fully saturated rings. The van der Waals surface area contributed by atoms with Gasteiger partial charge in [0.25, 0.3) is 17.7 Å². The Labute approximate surface area is 202 Å². The fourth-order valence-corrected chi connectivity index (χ4v) is 4.15. The molecule has 180 valence electrons. The summed E-state index contributed by atoms with van der Waals surface area (Å²) >= 11 is 0.756. The number of nitrogen functional groups attached to an aromatic ring is 1. The lowest BCUT2D eigenvalue weighted by Gasteiger charge is -2.32. The van der Waals surface area contributed by atoms with Crippen LogP contribution < -0.4 is 21.7 Å².